The molecule has 1 aromatic carbocycles. The summed E-state index contributed by atoms with van der Waals surface area (Å²) in [5.74, 6) is 0.651. The van der Waals surface area contributed by atoms with E-state index in [2.05, 4.69) is 4.90 Å². The van der Waals surface area contributed by atoms with E-state index in [1.165, 1.54) is 0 Å². The highest BCUT2D eigenvalue weighted by Crippen LogP contribution is 2.34. The Labute approximate surface area is 152 Å². The molecule has 7 nitrogen and oxygen atoms in total. The smallest absolute Gasteiger partial charge is 0.219 e. The molecule has 0 spiro atoms. The van der Waals surface area contributed by atoms with E-state index in [4.69, 9.17) is 4.42 Å². The number of sulfone groups is 1. The fourth-order valence-corrected chi connectivity index (χ4v) is 3.69. The van der Waals surface area contributed by atoms with E-state index < -0.39 is 9.84 Å². The summed E-state index contributed by atoms with van der Waals surface area (Å²) in [6, 6.07) is 8.08. The van der Waals surface area contributed by atoms with Crippen LogP contribution in [-0.4, -0.2) is 57.9 Å². The number of carbonyl (C=O) groups excluding carboxylic acids is 2. The summed E-state index contributed by atoms with van der Waals surface area (Å²) in [6.45, 7) is 4.00. The zero-order valence-electron chi connectivity index (χ0n) is 14.6. The number of anilines is 1. The van der Waals surface area contributed by atoms with Gasteiger partial charge >= 0.3 is 0 Å². The largest absolute Gasteiger partial charge is 0.453 e. The Bertz CT molecular complexity index is 940. The van der Waals surface area contributed by atoms with Gasteiger partial charge in [-0.25, -0.2) is 8.42 Å². The van der Waals surface area contributed by atoms with Crippen molar-refractivity contribution in [3.63, 3.8) is 0 Å². The maximum Gasteiger partial charge on any atom is 0.219 e. The maximum atomic E-state index is 11.9. The van der Waals surface area contributed by atoms with E-state index in [9.17, 15) is 18.0 Å². The Morgan fingerprint density at radius 2 is 1.81 bits per heavy atom. The first-order chi connectivity index (χ1) is 12.3. The van der Waals surface area contributed by atoms with Gasteiger partial charge in [-0.05, 0) is 30.3 Å². The third kappa shape index (κ3) is 3.65. The molecule has 1 fully saturated rings. The van der Waals surface area contributed by atoms with Gasteiger partial charge in [0.25, 0.3) is 0 Å². The molecule has 26 heavy (non-hydrogen) atoms. The van der Waals surface area contributed by atoms with Crippen LogP contribution in [0.5, 0.6) is 0 Å². The van der Waals surface area contributed by atoms with Gasteiger partial charge in [0.2, 0.25) is 5.91 Å². The normalized spacial score (nSPS) is 15.2. The summed E-state index contributed by atoms with van der Waals surface area (Å²) in [4.78, 5) is 26.5. The summed E-state index contributed by atoms with van der Waals surface area (Å²) in [5.41, 5.74) is 1.42. The lowest BCUT2D eigenvalue weighted by Crippen LogP contribution is -2.48. The van der Waals surface area contributed by atoms with Crippen molar-refractivity contribution < 1.29 is 22.4 Å². The zero-order valence-corrected chi connectivity index (χ0v) is 15.5. The first kappa shape index (κ1) is 18.2. The second kappa shape index (κ2) is 6.95. The van der Waals surface area contributed by atoms with Crippen LogP contribution in [-0.2, 0) is 14.6 Å². The number of carbonyl (C=O) groups is 2. The van der Waals surface area contributed by atoms with Crippen LogP contribution >= 0.6 is 0 Å². The molecule has 3 rings (SSSR count). The van der Waals surface area contributed by atoms with Gasteiger partial charge in [0.15, 0.2) is 21.9 Å². The van der Waals surface area contributed by atoms with Crippen LogP contribution in [0.4, 0.5) is 5.69 Å². The predicted octanol–water partition coefficient (Wildman–Crippen LogP) is 1.83. The highest BCUT2D eigenvalue weighted by atomic mass is 32.2. The number of benzene rings is 1. The number of hydrogen-bond acceptors (Lipinski definition) is 6. The lowest BCUT2D eigenvalue weighted by Gasteiger charge is -2.36. The second-order valence-corrected chi connectivity index (χ2v) is 8.28. The lowest BCUT2D eigenvalue weighted by atomic mass is 10.1. The fraction of sp³-hybridized carbons (Fsp3) is 0.333. The van der Waals surface area contributed by atoms with Crippen molar-refractivity contribution in [3.05, 3.63) is 36.1 Å². The molecule has 0 aliphatic carbocycles. The first-order valence-electron chi connectivity index (χ1n) is 8.19. The van der Waals surface area contributed by atoms with Crippen molar-refractivity contribution >= 4 is 27.7 Å². The van der Waals surface area contributed by atoms with E-state index in [-0.39, 0.29) is 16.6 Å². The van der Waals surface area contributed by atoms with Crippen LogP contribution in [0, 0.1) is 0 Å². The lowest BCUT2D eigenvalue weighted by molar-refractivity contribution is -0.129. The minimum Gasteiger partial charge on any atom is -0.453 e. The second-order valence-electron chi connectivity index (χ2n) is 6.26. The molecule has 0 saturated carbocycles. The predicted molar refractivity (Wildman–Crippen MR) is 97.1 cm³/mol. The first-order valence-corrected chi connectivity index (χ1v) is 10.1. The summed E-state index contributed by atoms with van der Waals surface area (Å²) in [6.07, 6.45) is 1.76. The molecular weight excluding hydrogens is 356 g/mol. The number of hydrogen-bond donors (Lipinski definition) is 0. The van der Waals surface area contributed by atoms with Crippen molar-refractivity contribution in [2.24, 2.45) is 0 Å². The summed E-state index contributed by atoms with van der Waals surface area (Å²) >= 11 is 0. The third-order valence-electron chi connectivity index (χ3n) is 4.47. The molecule has 8 heteroatoms. The molecule has 138 valence electrons. The van der Waals surface area contributed by atoms with Crippen molar-refractivity contribution in [1.29, 1.82) is 0 Å². The Morgan fingerprint density at radius 1 is 1.12 bits per heavy atom. The van der Waals surface area contributed by atoms with Gasteiger partial charge in [0, 0.05) is 50.6 Å². The number of rotatable bonds is 4. The average Bonchev–Trinajstić information content (AvgIpc) is 3.09. The standard InChI is InChI=1S/C18H20N2O5S/c1-13(22)19-7-9-20(10-8-19)17-5-4-15(26(2,23)24)11-16(17)18-6-3-14(12-21)25-18/h3-6,11-12H,7-10H2,1-2H3. The van der Waals surface area contributed by atoms with Gasteiger partial charge in [-0.3, -0.25) is 9.59 Å². The maximum absolute atomic E-state index is 11.9. The quantitative estimate of drug-likeness (QED) is 0.757. The minimum atomic E-state index is -3.38. The van der Waals surface area contributed by atoms with E-state index in [0.717, 1.165) is 11.9 Å². The average molecular weight is 376 g/mol. The molecule has 1 aromatic heterocycles. The third-order valence-corrected chi connectivity index (χ3v) is 5.58. The molecular formula is C18H20N2O5S. The SMILES string of the molecule is CC(=O)N1CCN(c2ccc(S(C)(=O)=O)cc2-c2ccc(C=O)o2)CC1. The molecule has 0 unspecified atom stereocenters. The fourth-order valence-electron chi connectivity index (χ4n) is 3.04. The van der Waals surface area contributed by atoms with Crippen LogP contribution < -0.4 is 4.90 Å². The van der Waals surface area contributed by atoms with Crippen LogP contribution in [0.1, 0.15) is 17.5 Å². The van der Waals surface area contributed by atoms with Crippen LogP contribution in [0.3, 0.4) is 0 Å². The van der Waals surface area contributed by atoms with Crippen molar-refractivity contribution in [1.82, 2.24) is 4.90 Å². The summed E-state index contributed by atoms with van der Waals surface area (Å²) in [7, 11) is -3.38. The van der Waals surface area contributed by atoms with Crippen molar-refractivity contribution in [3.8, 4) is 11.3 Å². The Morgan fingerprint density at radius 3 is 2.35 bits per heavy atom. The summed E-state index contributed by atoms with van der Waals surface area (Å²) < 4.78 is 29.4. The molecule has 2 aromatic rings. The number of furan rings is 1. The van der Waals surface area contributed by atoms with E-state index in [1.807, 2.05) is 0 Å². The Hall–Kier alpha value is -2.61. The minimum absolute atomic E-state index is 0.0407. The van der Waals surface area contributed by atoms with Crippen LogP contribution in [0.2, 0.25) is 0 Å². The molecule has 1 amide bonds. The number of aldehydes is 1. The molecule has 1 aliphatic heterocycles. The van der Waals surface area contributed by atoms with Crippen LogP contribution in [0.25, 0.3) is 11.3 Å². The highest BCUT2D eigenvalue weighted by molar-refractivity contribution is 7.90. The van der Waals surface area contributed by atoms with Crippen molar-refractivity contribution in [2.45, 2.75) is 11.8 Å². The number of piperazine rings is 1. The van der Waals surface area contributed by atoms with Gasteiger partial charge < -0.3 is 14.2 Å². The van der Waals surface area contributed by atoms with Gasteiger partial charge in [-0.15, -0.1) is 0 Å². The monoisotopic (exact) mass is 376 g/mol. The van der Waals surface area contributed by atoms with E-state index in [0.29, 0.717) is 43.8 Å². The van der Waals surface area contributed by atoms with Gasteiger partial charge in [0.05, 0.1) is 4.90 Å². The zero-order chi connectivity index (χ0) is 18.9. The molecule has 0 radical (unpaired) electrons. The van der Waals surface area contributed by atoms with Crippen molar-refractivity contribution in [2.75, 3.05) is 37.3 Å². The molecule has 0 bridgehead atoms. The van der Waals surface area contributed by atoms with Crippen LogP contribution in [0.15, 0.2) is 39.6 Å². The molecule has 2 heterocycles. The molecule has 1 aliphatic rings. The Kier molecular flexibility index (Phi) is 4.86. The molecule has 1 saturated heterocycles. The summed E-state index contributed by atoms with van der Waals surface area (Å²) in [5, 5.41) is 0. The van der Waals surface area contributed by atoms with E-state index >= 15 is 0 Å². The number of nitrogens with zero attached hydrogens (tertiary/aromatic N) is 2. The number of amides is 1. The van der Waals surface area contributed by atoms with Gasteiger partial charge in [0.1, 0.15) is 5.76 Å². The van der Waals surface area contributed by atoms with E-state index in [1.54, 1.807) is 42.2 Å². The topological polar surface area (TPSA) is 87.9 Å². The highest BCUT2D eigenvalue weighted by Gasteiger charge is 2.23. The molecule has 0 atom stereocenters. The van der Waals surface area contributed by atoms with Gasteiger partial charge in [-0.1, -0.05) is 0 Å². The van der Waals surface area contributed by atoms with Gasteiger partial charge in [-0.2, -0.15) is 0 Å². The Balaban J connectivity index is 2.02. The molecule has 0 N–H and O–H groups in total.